The molecule has 0 bridgehead atoms. The van der Waals surface area contributed by atoms with Gasteiger partial charge in [0.2, 0.25) is 0 Å². The number of ether oxygens (including phenoxy) is 2. The number of nitrogens with one attached hydrogen (secondary N) is 1. The second-order valence-corrected chi connectivity index (χ2v) is 7.37. The number of H-pyrrole nitrogens is 1. The highest BCUT2D eigenvalue weighted by molar-refractivity contribution is 5.89. The fourth-order valence-corrected chi connectivity index (χ4v) is 4.80. The van der Waals surface area contributed by atoms with Crippen LogP contribution in [0.1, 0.15) is 23.7 Å². The van der Waals surface area contributed by atoms with Crippen molar-refractivity contribution in [2.45, 2.75) is 18.9 Å². The molecule has 3 heterocycles. The maximum atomic E-state index is 12.4. The van der Waals surface area contributed by atoms with Gasteiger partial charge in [-0.3, -0.25) is 4.90 Å². The van der Waals surface area contributed by atoms with Crippen LogP contribution in [-0.2, 0) is 20.7 Å². The lowest BCUT2D eigenvalue weighted by atomic mass is 9.75. The molecule has 5 nitrogen and oxygen atoms in total. The molecule has 2 aliphatic rings. The van der Waals surface area contributed by atoms with Crippen LogP contribution in [0.3, 0.4) is 0 Å². The number of carbonyl (C=O) groups excluding carboxylic acids is 1. The Morgan fingerprint density at radius 1 is 1.33 bits per heavy atom. The summed E-state index contributed by atoms with van der Waals surface area (Å²) in [4.78, 5) is 18.5. The third-order valence-electron chi connectivity index (χ3n) is 6.08. The van der Waals surface area contributed by atoms with Crippen molar-refractivity contribution in [1.29, 1.82) is 0 Å². The summed E-state index contributed by atoms with van der Waals surface area (Å²) in [5.74, 6) is -0.115. The first-order valence-electron chi connectivity index (χ1n) is 9.45. The van der Waals surface area contributed by atoms with Crippen molar-refractivity contribution in [2.24, 2.45) is 11.8 Å². The molecular formula is C22H26N2O3. The normalized spacial score (nSPS) is 25.6. The number of hydrogen-bond donors (Lipinski definition) is 1. The molecule has 5 heteroatoms. The molecule has 2 aromatic rings. The average molecular weight is 366 g/mol. The van der Waals surface area contributed by atoms with E-state index in [1.165, 1.54) is 35.5 Å². The number of para-hydroxylation sites is 1. The van der Waals surface area contributed by atoms with E-state index in [2.05, 4.69) is 40.7 Å². The molecule has 1 saturated heterocycles. The highest BCUT2D eigenvalue weighted by Gasteiger charge is 2.42. The average Bonchev–Trinajstić information content (AvgIpc) is 3.09. The van der Waals surface area contributed by atoms with Gasteiger partial charge in [0.25, 0.3) is 0 Å². The van der Waals surface area contributed by atoms with Gasteiger partial charge in [-0.2, -0.15) is 0 Å². The summed E-state index contributed by atoms with van der Waals surface area (Å²) in [5, 5.41) is 1.31. The van der Waals surface area contributed by atoms with Crippen molar-refractivity contribution in [3.63, 3.8) is 0 Å². The number of hydrogen-bond acceptors (Lipinski definition) is 4. The molecule has 0 aliphatic carbocycles. The lowest BCUT2D eigenvalue weighted by molar-refractivity contribution is -0.137. The molecule has 27 heavy (non-hydrogen) atoms. The zero-order chi connectivity index (χ0) is 19.0. The summed E-state index contributed by atoms with van der Waals surface area (Å²) in [7, 11) is 2.98. The van der Waals surface area contributed by atoms with Crippen LogP contribution in [0, 0.1) is 11.8 Å². The number of rotatable bonds is 4. The highest BCUT2D eigenvalue weighted by Crippen LogP contribution is 2.45. The minimum atomic E-state index is -0.324. The van der Waals surface area contributed by atoms with E-state index in [4.69, 9.17) is 9.47 Å². The summed E-state index contributed by atoms with van der Waals surface area (Å²) in [6, 6.07) is 8.74. The second kappa shape index (κ2) is 7.24. The maximum absolute atomic E-state index is 12.4. The monoisotopic (exact) mass is 366 g/mol. The molecule has 1 aromatic heterocycles. The van der Waals surface area contributed by atoms with Crippen LogP contribution in [0.2, 0.25) is 0 Å². The van der Waals surface area contributed by atoms with E-state index in [-0.39, 0.29) is 23.8 Å². The number of benzene rings is 1. The molecule has 142 valence electrons. The Kier molecular flexibility index (Phi) is 4.79. The van der Waals surface area contributed by atoms with E-state index in [9.17, 15) is 4.79 Å². The predicted molar refractivity (Wildman–Crippen MR) is 105 cm³/mol. The van der Waals surface area contributed by atoms with Crippen LogP contribution in [0.15, 0.2) is 48.8 Å². The van der Waals surface area contributed by atoms with Gasteiger partial charge in [0.05, 0.1) is 32.1 Å². The smallest absolute Gasteiger partial charge is 0.337 e. The van der Waals surface area contributed by atoms with Crippen molar-refractivity contribution in [1.82, 2.24) is 9.88 Å². The molecular weight excluding hydrogens is 340 g/mol. The number of nitrogens with zero attached hydrogens (tertiary/aromatic N) is 1. The Balaban J connectivity index is 1.74. The van der Waals surface area contributed by atoms with Crippen LogP contribution >= 0.6 is 0 Å². The second-order valence-electron chi connectivity index (χ2n) is 7.37. The topological polar surface area (TPSA) is 54.6 Å². The van der Waals surface area contributed by atoms with Crippen molar-refractivity contribution in [3.05, 3.63) is 60.0 Å². The predicted octanol–water partition coefficient (Wildman–Crippen LogP) is 3.59. The molecule has 4 rings (SSSR count). The minimum absolute atomic E-state index is 0.0218. The van der Waals surface area contributed by atoms with Crippen molar-refractivity contribution in [2.75, 3.05) is 27.3 Å². The largest absolute Gasteiger partial charge is 0.504 e. The van der Waals surface area contributed by atoms with E-state index in [0.29, 0.717) is 5.57 Å². The number of aromatic amines is 1. The molecule has 0 spiro atoms. The summed E-state index contributed by atoms with van der Waals surface area (Å²) >= 11 is 0. The zero-order valence-electron chi connectivity index (χ0n) is 15.9. The van der Waals surface area contributed by atoms with E-state index in [1.807, 2.05) is 6.08 Å². The zero-order valence-corrected chi connectivity index (χ0v) is 15.9. The first-order chi connectivity index (χ1) is 13.2. The summed E-state index contributed by atoms with van der Waals surface area (Å²) in [5.41, 5.74) is 4.48. The summed E-state index contributed by atoms with van der Waals surface area (Å²) in [6.45, 7) is 5.93. The summed E-state index contributed by atoms with van der Waals surface area (Å²) < 4.78 is 10.2. The van der Waals surface area contributed by atoms with Gasteiger partial charge in [0, 0.05) is 35.6 Å². The van der Waals surface area contributed by atoms with Gasteiger partial charge in [-0.15, -0.1) is 6.58 Å². The van der Waals surface area contributed by atoms with Gasteiger partial charge in [-0.05, 0) is 30.4 Å². The molecule has 0 amide bonds. The molecule has 1 fully saturated rings. The standard InChI is InChI=1S/C22H26N2O3/c1-4-14-12-24-10-9-16-15-7-5-6-8-19(15)23-21(16)20(24)11-17(14)18(13-26-2)22(25)27-3/h4-8,13-14,17,20,23H,1,9-12H2,2-3H3/b18-13-/t14-,17-,20-/m0/s1. The first kappa shape index (κ1) is 17.9. The van der Waals surface area contributed by atoms with E-state index in [1.54, 1.807) is 7.11 Å². The number of piperidine rings is 1. The molecule has 3 atom stereocenters. The lowest BCUT2D eigenvalue weighted by Crippen LogP contribution is -2.46. The lowest BCUT2D eigenvalue weighted by Gasteiger charge is -2.45. The van der Waals surface area contributed by atoms with Crippen molar-refractivity contribution in [3.8, 4) is 0 Å². The van der Waals surface area contributed by atoms with E-state index < -0.39 is 0 Å². The molecule has 1 aromatic carbocycles. The van der Waals surface area contributed by atoms with E-state index in [0.717, 1.165) is 25.9 Å². The van der Waals surface area contributed by atoms with Crippen molar-refractivity contribution < 1.29 is 14.3 Å². The Morgan fingerprint density at radius 2 is 2.15 bits per heavy atom. The maximum Gasteiger partial charge on any atom is 0.337 e. The molecule has 0 radical (unpaired) electrons. The highest BCUT2D eigenvalue weighted by atomic mass is 16.5. The van der Waals surface area contributed by atoms with Crippen LogP contribution in [0.25, 0.3) is 10.9 Å². The quantitative estimate of drug-likeness (QED) is 0.389. The third-order valence-corrected chi connectivity index (χ3v) is 6.08. The van der Waals surface area contributed by atoms with Gasteiger partial charge in [-0.1, -0.05) is 24.3 Å². The number of methoxy groups -OCH3 is 2. The van der Waals surface area contributed by atoms with Gasteiger partial charge >= 0.3 is 5.97 Å². The van der Waals surface area contributed by atoms with Gasteiger partial charge in [0.15, 0.2) is 0 Å². The number of aromatic nitrogens is 1. The number of carbonyl (C=O) groups is 1. The summed E-state index contributed by atoms with van der Waals surface area (Å²) in [6.07, 6.45) is 5.38. The van der Waals surface area contributed by atoms with Crippen LogP contribution in [0.5, 0.6) is 0 Å². The third kappa shape index (κ3) is 2.96. The van der Waals surface area contributed by atoms with Gasteiger partial charge in [-0.25, -0.2) is 4.79 Å². The number of esters is 1. The fraction of sp³-hybridized carbons (Fsp3) is 0.409. The Hall–Kier alpha value is -2.53. The minimum Gasteiger partial charge on any atom is -0.504 e. The Bertz CT molecular complexity index is 898. The van der Waals surface area contributed by atoms with Crippen LogP contribution in [0.4, 0.5) is 0 Å². The Labute approximate surface area is 159 Å². The number of fused-ring (bicyclic) bond motifs is 5. The molecule has 0 saturated carbocycles. The molecule has 2 aliphatic heterocycles. The van der Waals surface area contributed by atoms with Gasteiger partial charge in [0.1, 0.15) is 0 Å². The van der Waals surface area contributed by atoms with Crippen LogP contribution < -0.4 is 0 Å². The van der Waals surface area contributed by atoms with Crippen LogP contribution in [-0.4, -0.2) is 43.2 Å². The van der Waals surface area contributed by atoms with Gasteiger partial charge < -0.3 is 14.5 Å². The SMILES string of the molecule is C=C[C@H]1CN2CCc3c([nH]c4ccccc34)[C@@H]2C[C@@H]1/C(=C/OC)C(=O)OC. The van der Waals surface area contributed by atoms with Crippen molar-refractivity contribution >= 4 is 16.9 Å². The first-order valence-corrected chi connectivity index (χ1v) is 9.45. The molecule has 0 unspecified atom stereocenters. The van der Waals surface area contributed by atoms with E-state index >= 15 is 0 Å². The fourth-order valence-electron chi connectivity index (χ4n) is 4.80. The Morgan fingerprint density at radius 3 is 2.89 bits per heavy atom. The molecule has 1 N–H and O–H groups in total.